The molecule has 18 N–H and O–H groups in total. The molecule has 0 saturated heterocycles. The van der Waals surface area contributed by atoms with Gasteiger partial charge < -0.3 is 66.3 Å². The molecule has 3 aromatic carbocycles. The number of nitrogens with two attached hydrogens (primary N) is 6. The maximum Gasteiger partial charge on any atom is 0.312 e. The number of hydrogen-bond donors (Lipinski definition) is 12. The summed E-state index contributed by atoms with van der Waals surface area (Å²) >= 11 is 0. The minimum Gasteiger partial charge on any atom is -0.352 e. The van der Waals surface area contributed by atoms with Crippen LogP contribution in [0.3, 0.4) is 0 Å². The second-order valence-electron chi connectivity index (χ2n) is 12.9. The van der Waals surface area contributed by atoms with Crippen LogP contribution in [0.1, 0.15) is 61.1 Å². The standard InChI is InChI=1S/C37H52N12O6/c38-28(4-1-19-44-35(41)53)32(50)47-25-13-7-22(8-14-25)31(23-9-15-26(16-10-23)48-33(51)29(39)5-2-20-45-36(42)54)24-11-17-27(18-12-24)49-34(52)30(40)6-3-21-46-37(43)55/h7-18,28-31H,1-6,19-21,38-40H2,(H,47,50)(H,48,51)(H,49,52)(H3,41,44,53)(H3,42,45,54)(H3,43,46,55)/t28-,29-,30-/m0/s1. The molecule has 0 bridgehead atoms. The second-order valence-corrected chi connectivity index (χ2v) is 12.9. The van der Waals surface area contributed by atoms with Crippen molar-refractivity contribution in [1.82, 2.24) is 16.0 Å². The van der Waals surface area contributed by atoms with Gasteiger partial charge in [0.2, 0.25) is 17.7 Å². The van der Waals surface area contributed by atoms with E-state index in [0.717, 1.165) is 16.7 Å². The smallest absolute Gasteiger partial charge is 0.312 e. The second kappa shape index (κ2) is 22.1. The van der Waals surface area contributed by atoms with Gasteiger partial charge in [0.1, 0.15) is 0 Å². The lowest BCUT2D eigenvalue weighted by molar-refractivity contribution is -0.118. The Morgan fingerprint density at radius 1 is 0.418 bits per heavy atom. The molecule has 9 amide bonds. The molecule has 3 aromatic rings. The molecule has 0 radical (unpaired) electrons. The lowest BCUT2D eigenvalue weighted by Gasteiger charge is -2.21. The van der Waals surface area contributed by atoms with Gasteiger partial charge in [-0.2, -0.15) is 0 Å². The van der Waals surface area contributed by atoms with Crippen LogP contribution in [-0.2, 0) is 14.4 Å². The fraction of sp³-hybridized carbons (Fsp3) is 0.351. The molecule has 55 heavy (non-hydrogen) atoms. The summed E-state index contributed by atoms with van der Waals surface area (Å²) in [6.07, 6.45) is 2.48. The molecule has 0 aliphatic rings. The van der Waals surface area contributed by atoms with Crippen LogP contribution in [0, 0.1) is 0 Å². The number of nitrogens with one attached hydrogen (secondary N) is 6. The van der Waals surface area contributed by atoms with E-state index in [9.17, 15) is 28.8 Å². The summed E-state index contributed by atoms with van der Waals surface area (Å²) < 4.78 is 0. The summed E-state index contributed by atoms with van der Waals surface area (Å²) in [6, 6.07) is 17.6. The molecule has 0 fully saturated rings. The van der Waals surface area contributed by atoms with E-state index in [2.05, 4.69) is 31.9 Å². The largest absolute Gasteiger partial charge is 0.352 e. The minimum atomic E-state index is -0.790. The maximum absolute atomic E-state index is 12.7. The van der Waals surface area contributed by atoms with E-state index in [-0.39, 0.29) is 23.6 Å². The van der Waals surface area contributed by atoms with Crippen molar-refractivity contribution >= 4 is 52.9 Å². The average Bonchev–Trinajstić information content (AvgIpc) is 3.15. The highest BCUT2D eigenvalue weighted by atomic mass is 16.2. The third-order valence-electron chi connectivity index (χ3n) is 8.52. The molecule has 18 nitrogen and oxygen atoms in total. The maximum atomic E-state index is 12.7. The number of carbonyl (C=O) groups excluding carboxylic acids is 6. The number of benzene rings is 3. The van der Waals surface area contributed by atoms with Crippen LogP contribution in [0.4, 0.5) is 31.4 Å². The number of amides is 9. The number of primary amides is 3. The number of hydrogen-bond acceptors (Lipinski definition) is 9. The summed E-state index contributed by atoms with van der Waals surface area (Å²) in [7, 11) is 0. The third kappa shape index (κ3) is 15.3. The van der Waals surface area contributed by atoms with Crippen molar-refractivity contribution in [1.29, 1.82) is 0 Å². The van der Waals surface area contributed by atoms with Crippen LogP contribution in [-0.4, -0.2) is 73.6 Å². The van der Waals surface area contributed by atoms with Crippen LogP contribution in [0.5, 0.6) is 0 Å². The molecule has 0 saturated carbocycles. The highest BCUT2D eigenvalue weighted by Gasteiger charge is 2.20. The molecule has 0 aromatic heterocycles. The Morgan fingerprint density at radius 3 is 0.873 bits per heavy atom. The Morgan fingerprint density at radius 2 is 0.655 bits per heavy atom. The monoisotopic (exact) mass is 760 g/mol. The zero-order chi connectivity index (χ0) is 40.3. The first-order chi connectivity index (χ1) is 26.2. The van der Waals surface area contributed by atoms with Gasteiger partial charge in [0.15, 0.2) is 0 Å². The van der Waals surface area contributed by atoms with Crippen molar-refractivity contribution < 1.29 is 28.8 Å². The van der Waals surface area contributed by atoms with Crippen LogP contribution < -0.4 is 66.3 Å². The van der Waals surface area contributed by atoms with E-state index >= 15 is 0 Å². The van der Waals surface area contributed by atoms with Crippen molar-refractivity contribution in [3.05, 3.63) is 89.5 Å². The topological polar surface area (TPSA) is 331 Å². The van der Waals surface area contributed by atoms with Crippen molar-refractivity contribution in [2.45, 2.75) is 62.6 Å². The molecule has 3 atom stereocenters. The van der Waals surface area contributed by atoms with E-state index in [1.165, 1.54) is 0 Å². The van der Waals surface area contributed by atoms with Gasteiger partial charge in [0, 0.05) is 42.6 Å². The summed E-state index contributed by atoms with van der Waals surface area (Å²) in [5, 5.41) is 15.9. The van der Waals surface area contributed by atoms with Gasteiger partial charge in [0.05, 0.1) is 18.1 Å². The van der Waals surface area contributed by atoms with Crippen molar-refractivity contribution in [2.75, 3.05) is 35.6 Å². The Hall–Kier alpha value is -6.24. The lowest BCUT2D eigenvalue weighted by atomic mass is 9.85. The molecule has 0 aliphatic carbocycles. The van der Waals surface area contributed by atoms with Gasteiger partial charge in [0.25, 0.3) is 0 Å². The first-order valence-electron chi connectivity index (χ1n) is 17.8. The van der Waals surface area contributed by atoms with Gasteiger partial charge in [-0.3, -0.25) is 14.4 Å². The SMILES string of the molecule is NC(=O)NCCC[C@H](N)C(=O)Nc1ccc(C(c2ccc(NC(=O)[C@@H](N)CCCNC(N)=O)cc2)c2ccc(NC(=O)[C@@H](N)CCCNC(N)=O)cc2)cc1. The van der Waals surface area contributed by atoms with E-state index < -0.39 is 36.2 Å². The molecule has 0 aliphatic heterocycles. The summed E-state index contributed by atoms with van der Waals surface area (Å²) in [4.78, 5) is 70.8. The van der Waals surface area contributed by atoms with Crippen LogP contribution >= 0.6 is 0 Å². The van der Waals surface area contributed by atoms with E-state index in [0.29, 0.717) is 75.2 Å². The van der Waals surface area contributed by atoms with E-state index in [4.69, 9.17) is 34.4 Å². The van der Waals surface area contributed by atoms with Crippen LogP contribution in [0.15, 0.2) is 72.8 Å². The van der Waals surface area contributed by atoms with Crippen molar-refractivity contribution in [3.63, 3.8) is 0 Å². The van der Waals surface area contributed by atoms with Gasteiger partial charge in [-0.05, 0) is 91.6 Å². The Bertz CT molecular complexity index is 1540. The number of carbonyl (C=O) groups is 6. The summed E-state index contributed by atoms with van der Waals surface area (Å²) in [5.74, 6) is -1.42. The van der Waals surface area contributed by atoms with Gasteiger partial charge >= 0.3 is 18.1 Å². The van der Waals surface area contributed by atoms with Gasteiger partial charge in [-0.15, -0.1) is 0 Å². The normalized spacial score (nSPS) is 12.4. The molecular formula is C37H52N12O6. The summed E-state index contributed by atoms with van der Waals surface area (Å²) in [5.41, 5.74) is 37.6. The molecular weight excluding hydrogens is 708 g/mol. The predicted octanol–water partition coefficient (Wildman–Crippen LogP) is 1.01. The fourth-order valence-corrected chi connectivity index (χ4v) is 5.55. The molecule has 18 heteroatoms. The summed E-state index contributed by atoms with van der Waals surface area (Å²) in [6.45, 7) is 0.927. The zero-order valence-corrected chi connectivity index (χ0v) is 30.5. The molecule has 0 unspecified atom stereocenters. The van der Waals surface area contributed by atoms with Crippen molar-refractivity contribution in [2.24, 2.45) is 34.4 Å². The van der Waals surface area contributed by atoms with Crippen LogP contribution in [0.25, 0.3) is 0 Å². The fourth-order valence-electron chi connectivity index (χ4n) is 5.55. The van der Waals surface area contributed by atoms with Crippen molar-refractivity contribution in [3.8, 4) is 0 Å². The van der Waals surface area contributed by atoms with Crippen LogP contribution in [0.2, 0.25) is 0 Å². The highest BCUT2D eigenvalue weighted by Crippen LogP contribution is 2.34. The Balaban J connectivity index is 1.77. The van der Waals surface area contributed by atoms with E-state index in [1.54, 1.807) is 36.4 Å². The predicted molar refractivity (Wildman–Crippen MR) is 211 cm³/mol. The van der Waals surface area contributed by atoms with Gasteiger partial charge in [-0.25, -0.2) is 14.4 Å². The van der Waals surface area contributed by atoms with Gasteiger partial charge in [-0.1, -0.05) is 36.4 Å². The Labute approximate surface area is 319 Å². The quantitative estimate of drug-likeness (QED) is 0.0544. The first-order valence-corrected chi connectivity index (χ1v) is 17.8. The number of rotatable bonds is 21. The third-order valence-corrected chi connectivity index (χ3v) is 8.52. The lowest BCUT2D eigenvalue weighted by Crippen LogP contribution is -2.37. The number of anilines is 3. The Kier molecular flexibility index (Phi) is 17.3. The van der Waals surface area contributed by atoms with E-state index in [1.807, 2.05) is 36.4 Å². The minimum absolute atomic E-state index is 0.306. The average molecular weight is 761 g/mol. The number of urea groups is 3. The first kappa shape index (κ1) is 43.2. The molecule has 0 spiro atoms. The molecule has 3 rings (SSSR count). The zero-order valence-electron chi connectivity index (χ0n) is 30.5. The molecule has 296 valence electrons. The highest BCUT2D eigenvalue weighted by molar-refractivity contribution is 5.96. The molecule has 0 heterocycles.